The van der Waals surface area contributed by atoms with Crippen molar-refractivity contribution in [1.82, 2.24) is 30.1 Å². The Morgan fingerprint density at radius 2 is 1.88 bits per heavy atom. The van der Waals surface area contributed by atoms with Crippen LogP contribution in [0.5, 0.6) is 0 Å². The highest BCUT2D eigenvalue weighted by atomic mass is 16.2. The summed E-state index contributed by atoms with van der Waals surface area (Å²) in [4.78, 5) is 28.8. The molecule has 2 aromatic rings. The third-order valence-electron chi connectivity index (χ3n) is 4.82. The Labute approximate surface area is 152 Å². The lowest BCUT2D eigenvalue weighted by atomic mass is 10.2. The number of benzene rings is 1. The first-order valence-corrected chi connectivity index (χ1v) is 9.13. The van der Waals surface area contributed by atoms with Crippen LogP contribution in [0.2, 0.25) is 0 Å². The standard InChI is InChI=1S/C18H26N6O2/c1-3-14(2)19-17(25)12-22-8-10-23(11-9-22)13-24-18(26)15-6-4-5-7-16(15)20-21-24/h4-7,14H,3,8-13H2,1-2H3,(H,19,25)/t14-/m0/s1. The first kappa shape index (κ1) is 18.5. The Kier molecular flexibility index (Phi) is 5.95. The van der Waals surface area contributed by atoms with Gasteiger partial charge in [0, 0.05) is 32.2 Å². The molecule has 1 saturated heterocycles. The topological polar surface area (TPSA) is 83.4 Å². The average Bonchev–Trinajstić information content (AvgIpc) is 2.65. The molecule has 0 aliphatic carbocycles. The number of hydrogen-bond acceptors (Lipinski definition) is 6. The van der Waals surface area contributed by atoms with Crippen LogP contribution in [-0.2, 0) is 11.5 Å². The average molecular weight is 358 g/mol. The van der Waals surface area contributed by atoms with Crippen molar-refractivity contribution < 1.29 is 4.79 Å². The number of amides is 1. The molecule has 1 aliphatic heterocycles. The lowest BCUT2D eigenvalue weighted by Gasteiger charge is -2.34. The maximum Gasteiger partial charge on any atom is 0.278 e. The molecule has 0 saturated carbocycles. The number of fused-ring (bicyclic) bond motifs is 1. The van der Waals surface area contributed by atoms with Gasteiger partial charge in [0.25, 0.3) is 5.56 Å². The van der Waals surface area contributed by atoms with E-state index in [0.29, 0.717) is 24.1 Å². The van der Waals surface area contributed by atoms with E-state index in [0.717, 1.165) is 32.6 Å². The zero-order valence-corrected chi connectivity index (χ0v) is 15.4. The van der Waals surface area contributed by atoms with Crippen LogP contribution >= 0.6 is 0 Å². The van der Waals surface area contributed by atoms with Crippen LogP contribution in [0.25, 0.3) is 10.9 Å². The molecule has 1 aromatic carbocycles. The van der Waals surface area contributed by atoms with Crippen molar-refractivity contribution >= 4 is 16.8 Å². The van der Waals surface area contributed by atoms with E-state index in [2.05, 4.69) is 32.4 Å². The van der Waals surface area contributed by atoms with E-state index in [1.165, 1.54) is 4.68 Å². The zero-order valence-electron chi connectivity index (χ0n) is 15.4. The Morgan fingerprint density at radius 3 is 2.62 bits per heavy atom. The second-order valence-electron chi connectivity index (χ2n) is 6.82. The highest BCUT2D eigenvalue weighted by Crippen LogP contribution is 2.05. The van der Waals surface area contributed by atoms with E-state index in [1.54, 1.807) is 12.1 Å². The fraction of sp³-hybridized carbons (Fsp3) is 0.556. The summed E-state index contributed by atoms with van der Waals surface area (Å²) in [7, 11) is 0. The van der Waals surface area contributed by atoms with Crippen LogP contribution in [0.1, 0.15) is 20.3 Å². The Morgan fingerprint density at radius 1 is 1.19 bits per heavy atom. The van der Waals surface area contributed by atoms with Gasteiger partial charge in [0.15, 0.2) is 0 Å². The second-order valence-corrected chi connectivity index (χ2v) is 6.82. The number of rotatable bonds is 6. The summed E-state index contributed by atoms with van der Waals surface area (Å²) >= 11 is 0. The monoisotopic (exact) mass is 358 g/mol. The minimum Gasteiger partial charge on any atom is -0.353 e. The van der Waals surface area contributed by atoms with E-state index < -0.39 is 0 Å². The third-order valence-corrected chi connectivity index (χ3v) is 4.82. The first-order chi connectivity index (χ1) is 12.6. The minimum atomic E-state index is -0.119. The van der Waals surface area contributed by atoms with Crippen molar-refractivity contribution in [3.8, 4) is 0 Å². The molecule has 1 N–H and O–H groups in total. The Hall–Kier alpha value is -2.32. The normalized spacial score (nSPS) is 17.3. The summed E-state index contributed by atoms with van der Waals surface area (Å²) in [5.74, 6) is 0.0735. The number of hydrogen-bond donors (Lipinski definition) is 1. The van der Waals surface area contributed by atoms with Gasteiger partial charge in [-0.25, -0.2) is 0 Å². The van der Waals surface area contributed by atoms with Crippen molar-refractivity contribution in [2.45, 2.75) is 33.0 Å². The molecule has 2 heterocycles. The number of carbonyl (C=O) groups is 1. The molecular formula is C18H26N6O2. The van der Waals surface area contributed by atoms with Gasteiger partial charge in [-0.05, 0) is 25.5 Å². The van der Waals surface area contributed by atoms with Crippen molar-refractivity contribution in [3.63, 3.8) is 0 Å². The van der Waals surface area contributed by atoms with Gasteiger partial charge in [-0.15, -0.1) is 5.10 Å². The number of piperazine rings is 1. The summed E-state index contributed by atoms with van der Waals surface area (Å²) in [5, 5.41) is 11.7. The van der Waals surface area contributed by atoms with Crippen LogP contribution in [0.15, 0.2) is 29.1 Å². The van der Waals surface area contributed by atoms with Crippen molar-refractivity contribution in [2.75, 3.05) is 32.7 Å². The van der Waals surface area contributed by atoms with Crippen molar-refractivity contribution in [2.24, 2.45) is 0 Å². The Bertz CT molecular complexity index is 813. The van der Waals surface area contributed by atoms with E-state index in [9.17, 15) is 9.59 Å². The molecule has 8 nitrogen and oxygen atoms in total. The molecule has 26 heavy (non-hydrogen) atoms. The third kappa shape index (κ3) is 4.44. The lowest BCUT2D eigenvalue weighted by Crippen LogP contribution is -2.51. The molecule has 8 heteroatoms. The number of nitrogens with zero attached hydrogens (tertiary/aromatic N) is 5. The van der Waals surface area contributed by atoms with E-state index in [1.807, 2.05) is 19.1 Å². The van der Waals surface area contributed by atoms with Gasteiger partial charge in [-0.2, -0.15) is 4.68 Å². The molecule has 1 aliphatic rings. The van der Waals surface area contributed by atoms with Crippen molar-refractivity contribution in [1.29, 1.82) is 0 Å². The van der Waals surface area contributed by atoms with Gasteiger partial charge >= 0.3 is 0 Å². The molecule has 3 rings (SSSR count). The smallest absolute Gasteiger partial charge is 0.278 e. The van der Waals surface area contributed by atoms with Crippen LogP contribution in [0, 0.1) is 0 Å². The SMILES string of the molecule is CC[C@H](C)NC(=O)CN1CCN(Cn2nnc3ccccc3c2=O)CC1. The van der Waals surface area contributed by atoms with Crippen LogP contribution in [-0.4, -0.2) is 69.5 Å². The number of nitrogens with one attached hydrogen (secondary N) is 1. The quantitative estimate of drug-likeness (QED) is 0.799. The van der Waals surface area contributed by atoms with Crippen LogP contribution < -0.4 is 10.9 Å². The van der Waals surface area contributed by atoms with Gasteiger partial charge in [0.1, 0.15) is 5.52 Å². The molecule has 0 spiro atoms. The summed E-state index contributed by atoms with van der Waals surface area (Å²) < 4.78 is 1.41. The highest BCUT2D eigenvalue weighted by molar-refractivity contribution is 5.78. The zero-order chi connectivity index (χ0) is 18.5. The molecule has 1 atom stereocenters. The van der Waals surface area contributed by atoms with E-state index in [-0.39, 0.29) is 17.5 Å². The maximum absolute atomic E-state index is 12.5. The maximum atomic E-state index is 12.5. The van der Waals surface area contributed by atoms with Gasteiger partial charge < -0.3 is 5.32 Å². The second kappa shape index (κ2) is 8.37. The van der Waals surface area contributed by atoms with Gasteiger partial charge in [0.05, 0.1) is 18.6 Å². The summed E-state index contributed by atoms with van der Waals surface area (Å²) in [6, 6.07) is 7.45. The number of carbonyl (C=O) groups excluding carboxylic acids is 1. The fourth-order valence-corrected chi connectivity index (χ4v) is 3.02. The summed E-state index contributed by atoms with van der Waals surface area (Å²) in [5.41, 5.74) is 0.497. The Balaban J connectivity index is 1.54. The van der Waals surface area contributed by atoms with Gasteiger partial charge in [-0.1, -0.05) is 24.3 Å². The van der Waals surface area contributed by atoms with Crippen molar-refractivity contribution in [3.05, 3.63) is 34.6 Å². The van der Waals surface area contributed by atoms with Crippen LogP contribution in [0.3, 0.4) is 0 Å². The van der Waals surface area contributed by atoms with Crippen LogP contribution in [0.4, 0.5) is 0 Å². The predicted molar refractivity (Wildman–Crippen MR) is 99.7 cm³/mol. The van der Waals surface area contributed by atoms with E-state index in [4.69, 9.17) is 0 Å². The van der Waals surface area contributed by atoms with Gasteiger partial charge in [-0.3, -0.25) is 19.4 Å². The fourth-order valence-electron chi connectivity index (χ4n) is 3.02. The summed E-state index contributed by atoms with van der Waals surface area (Å²) in [6.45, 7) is 8.08. The van der Waals surface area contributed by atoms with E-state index >= 15 is 0 Å². The molecule has 1 fully saturated rings. The molecule has 1 aromatic heterocycles. The molecule has 0 unspecified atom stereocenters. The number of aromatic nitrogens is 3. The molecule has 0 radical (unpaired) electrons. The predicted octanol–water partition coefficient (Wildman–Crippen LogP) is 0.281. The highest BCUT2D eigenvalue weighted by Gasteiger charge is 2.20. The summed E-state index contributed by atoms with van der Waals surface area (Å²) in [6.07, 6.45) is 0.932. The first-order valence-electron chi connectivity index (χ1n) is 9.13. The largest absolute Gasteiger partial charge is 0.353 e. The minimum absolute atomic E-state index is 0.0735. The lowest BCUT2D eigenvalue weighted by molar-refractivity contribution is -0.123. The van der Waals surface area contributed by atoms with Gasteiger partial charge in [0.2, 0.25) is 5.91 Å². The molecular weight excluding hydrogens is 332 g/mol. The molecule has 140 valence electrons. The molecule has 0 bridgehead atoms. The molecule has 1 amide bonds.